The van der Waals surface area contributed by atoms with Crippen LogP contribution in [0.15, 0.2) is 63.3 Å². The maximum atomic E-state index is 13.5. The van der Waals surface area contributed by atoms with Gasteiger partial charge in [-0.15, -0.1) is 11.3 Å². The van der Waals surface area contributed by atoms with Gasteiger partial charge in [0.15, 0.2) is 5.16 Å². The van der Waals surface area contributed by atoms with E-state index in [-0.39, 0.29) is 16.4 Å². The van der Waals surface area contributed by atoms with Gasteiger partial charge in [0.2, 0.25) is 0 Å². The van der Waals surface area contributed by atoms with Crippen LogP contribution < -0.4 is 11.1 Å². The zero-order chi connectivity index (χ0) is 23.3. The number of aromatic amines is 1. The zero-order valence-electron chi connectivity index (χ0n) is 18.7. The van der Waals surface area contributed by atoms with Crippen molar-refractivity contribution in [2.45, 2.75) is 38.1 Å². The molecule has 0 amide bonds. The predicted molar refractivity (Wildman–Crippen MR) is 136 cm³/mol. The molecule has 0 saturated carbocycles. The summed E-state index contributed by atoms with van der Waals surface area (Å²) in [6.07, 6.45) is 0. The van der Waals surface area contributed by atoms with Crippen molar-refractivity contribution in [3.8, 4) is 5.69 Å². The second kappa shape index (κ2) is 8.28. The number of H-pyrrole nitrogens is 1. The minimum absolute atomic E-state index is 0.119. The van der Waals surface area contributed by atoms with Crippen LogP contribution in [-0.4, -0.2) is 19.5 Å². The first-order chi connectivity index (χ1) is 15.8. The molecule has 1 N–H and O–H groups in total. The molecule has 3 heterocycles. The Bertz CT molecular complexity index is 1650. The van der Waals surface area contributed by atoms with E-state index in [0.29, 0.717) is 27.3 Å². The van der Waals surface area contributed by atoms with Crippen molar-refractivity contribution in [1.82, 2.24) is 19.5 Å². The monoisotopic (exact) mass is 474 g/mol. The fourth-order valence-corrected chi connectivity index (χ4v) is 5.91. The maximum absolute atomic E-state index is 13.5. The first-order valence-electron chi connectivity index (χ1n) is 10.6. The highest BCUT2D eigenvalue weighted by Crippen LogP contribution is 2.35. The van der Waals surface area contributed by atoms with Gasteiger partial charge in [-0.25, -0.2) is 9.97 Å². The Morgan fingerprint density at radius 2 is 1.73 bits per heavy atom. The molecule has 5 rings (SSSR count). The van der Waals surface area contributed by atoms with Gasteiger partial charge in [-0.1, -0.05) is 42.1 Å². The van der Waals surface area contributed by atoms with E-state index in [1.807, 2.05) is 70.2 Å². The molecule has 0 aliphatic heterocycles. The Kier molecular flexibility index (Phi) is 5.42. The highest BCUT2D eigenvalue weighted by Gasteiger charge is 2.21. The molecule has 0 bridgehead atoms. The van der Waals surface area contributed by atoms with Crippen molar-refractivity contribution in [3.05, 3.63) is 91.1 Å². The number of nitrogens with zero attached hydrogens (tertiary/aromatic N) is 3. The van der Waals surface area contributed by atoms with Crippen LogP contribution in [0.1, 0.15) is 34.0 Å². The third-order valence-corrected chi connectivity index (χ3v) is 7.99. The van der Waals surface area contributed by atoms with Crippen LogP contribution in [0.4, 0.5) is 0 Å². The molecule has 0 aliphatic rings. The zero-order valence-corrected chi connectivity index (χ0v) is 20.3. The van der Waals surface area contributed by atoms with Crippen LogP contribution in [0.2, 0.25) is 0 Å². The Morgan fingerprint density at radius 3 is 2.52 bits per heavy atom. The van der Waals surface area contributed by atoms with E-state index in [1.165, 1.54) is 23.1 Å². The van der Waals surface area contributed by atoms with Crippen LogP contribution >= 0.6 is 23.1 Å². The van der Waals surface area contributed by atoms with Crippen molar-refractivity contribution < 1.29 is 0 Å². The summed E-state index contributed by atoms with van der Waals surface area (Å²) in [6, 6.07) is 15.1. The molecule has 0 radical (unpaired) electrons. The lowest BCUT2D eigenvalue weighted by Gasteiger charge is -2.17. The van der Waals surface area contributed by atoms with Gasteiger partial charge in [-0.05, 0) is 57.0 Å². The topological polar surface area (TPSA) is 80.6 Å². The van der Waals surface area contributed by atoms with Crippen LogP contribution in [-0.2, 0) is 0 Å². The van der Waals surface area contributed by atoms with Crippen molar-refractivity contribution in [1.29, 1.82) is 0 Å². The highest BCUT2D eigenvalue weighted by molar-refractivity contribution is 7.99. The molecule has 3 aromatic heterocycles. The number of hydrogen-bond donors (Lipinski definition) is 1. The first-order valence-corrected chi connectivity index (χ1v) is 12.3. The maximum Gasteiger partial charge on any atom is 0.266 e. The standard InChI is InChI=1S/C25H22N4O2S2/c1-13-9-5-8-12-19(13)29-24(31)17-10-6-7-11-18(17)26-25(29)33-16(4)21-27-22(30)20-14(2)15(3)32-23(20)28-21/h5-12,16H,1-4H3,(H,27,28,30). The Hall–Kier alpha value is -3.23. The van der Waals surface area contributed by atoms with Crippen LogP contribution in [0.5, 0.6) is 0 Å². The number of fused-ring (bicyclic) bond motifs is 2. The normalized spacial score (nSPS) is 12.5. The second-order valence-electron chi connectivity index (χ2n) is 8.01. The van der Waals surface area contributed by atoms with E-state index in [1.54, 1.807) is 10.6 Å². The molecule has 166 valence electrons. The smallest absolute Gasteiger partial charge is 0.266 e. The van der Waals surface area contributed by atoms with E-state index in [9.17, 15) is 9.59 Å². The molecule has 8 heteroatoms. The number of thioether (sulfide) groups is 1. The van der Waals surface area contributed by atoms with Crippen LogP contribution in [0, 0.1) is 20.8 Å². The van der Waals surface area contributed by atoms with Crippen molar-refractivity contribution in [3.63, 3.8) is 0 Å². The number of thiophene rings is 1. The minimum Gasteiger partial charge on any atom is -0.309 e. The van der Waals surface area contributed by atoms with Gasteiger partial charge in [-0.3, -0.25) is 14.2 Å². The fraction of sp³-hybridized carbons (Fsp3) is 0.200. The molecule has 6 nitrogen and oxygen atoms in total. The Labute approximate surface area is 198 Å². The molecule has 33 heavy (non-hydrogen) atoms. The van der Waals surface area contributed by atoms with Gasteiger partial charge >= 0.3 is 0 Å². The average Bonchev–Trinajstić information content (AvgIpc) is 3.08. The summed E-state index contributed by atoms with van der Waals surface area (Å²) in [6.45, 7) is 7.89. The first kappa shape index (κ1) is 21.6. The van der Waals surface area contributed by atoms with E-state index >= 15 is 0 Å². The Morgan fingerprint density at radius 1 is 1.00 bits per heavy atom. The SMILES string of the molecule is Cc1ccccc1-n1c(SC(C)c2nc3sc(C)c(C)c3c(=O)[nH]2)nc2ccccc2c1=O. The lowest BCUT2D eigenvalue weighted by atomic mass is 10.2. The van der Waals surface area contributed by atoms with E-state index < -0.39 is 0 Å². The molecule has 0 spiro atoms. The molecule has 2 aromatic carbocycles. The van der Waals surface area contributed by atoms with Gasteiger partial charge in [-0.2, -0.15) is 0 Å². The third-order valence-electron chi connectivity index (χ3n) is 5.83. The molecule has 1 unspecified atom stereocenters. The summed E-state index contributed by atoms with van der Waals surface area (Å²) in [5, 5.41) is 1.55. The van der Waals surface area contributed by atoms with Gasteiger partial charge in [0.25, 0.3) is 11.1 Å². The fourth-order valence-electron chi connectivity index (χ4n) is 3.90. The number of rotatable bonds is 4. The van der Waals surface area contributed by atoms with Gasteiger partial charge in [0, 0.05) is 4.88 Å². The third kappa shape index (κ3) is 3.69. The van der Waals surface area contributed by atoms with Crippen molar-refractivity contribution in [2.24, 2.45) is 0 Å². The predicted octanol–water partition coefficient (Wildman–Crippen LogP) is 5.46. The second-order valence-corrected chi connectivity index (χ2v) is 10.5. The molecular formula is C25H22N4O2S2. The van der Waals surface area contributed by atoms with Crippen molar-refractivity contribution >= 4 is 44.2 Å². The summed E-state index contributed by atoms with van der Waals surface area (Å²) in [4.78, 5) is 40.7. The van der Waals surface area contributed by atoms with Gasteiger partial charge < -0.3 is 4.98 Å². The van der Waals surface area contributed by atoms with Crippen molar-refractivity contribution in [2.75, 3.05) is 0 Å². The summed E-state index contributed by atoms with van der Waals surface area (Å²) >= 11 is 2.93. The quantitative estimate of drug-likeness (QED) is 0.276. The number of para-hydroxylation sites is 2. The number of nitrogens with one attached hydrogen (secondary N) is 1. The summed E-state index contributed by atoms with van der Waals surface area (Å²) in [5.74, 6) is 0.567. The average molecular weight is 475 g/mol. The minimum atomic E-state index is -0.229. The lowest BCUT2D eigenvalue weighted by molar-refractivity contribution is 0.805. The highest BCUT2D eigenvalue weighted by atomic mass is 32.2. The van der Waals surface area contributed by atoms with E-state index in [4.69, 9.17) is 9.97 Å². The summed E-state index contributed by atoms with van der Waals surface area (Å²) in [5.41, 5.74) is 3.13. The molecule has 0 aliphatic carbocycles. The molecular weight excluding hydrogens is 452 g/mol. The molecule has 1 atom stereocenters. The molecule has 5 aromatic rings. The Balaban J connectivity index is 1.67. The van der Waals surface area contributed by atoms with E-state index in [0.717, 1.165) is 26.5 Å². The number of benzene rings is 2. The number of aromatic nitrogens is 4. The van der Waals surface area contributed by atoms with Crippen LogP contribution in [0.3, 0.4) is 0 Å². The van der Waals surface area contributed by atoms with Crippen LogP contribution in [0.25, 0.3) is 26.8 Å². The molecule has 0 fully saturated rings. The lowest BCUT2D eigenvalue weighted by Crippen LogP contribution is -2.23. The number of hydrogen-bond acceptors (Lipinski definition) is 6. The van der Waals surface area contributed by atoms with E-state index in [2.05, 4.69) is 4.98 Å². The summed E-state index contributed by atoms with van der Waals surface area (Å²) < 4.78 is 1.66. The summed E-state index contributed by atoms with van der Waals surface area (Å²) in [7, 11) is 0. The van der Waals surface area contributed by atoms with Gasteiger partial charge in [0.1, 0.15) is 10.7 Å². The van der Waals surface area contributed by atoms with Gasteiger partial charge in [0.05, 0.1) is 27.2 Å². The largest absolute Gasteiger partial charge is 0.309 e. The molecule has 0 saturated heterocycles. The number of aryl methyl sites for hydroxylation is 3.